The van der Waals surface area contributed by atoms with Gasteiger partial charge in [-0.25, -0.2) is 0 Å². The van der Waals surface area contributed by atoms with Gasteiger partial charge in [-0.2, -0.15) is 0 Å². The molecular formula is C13H18O2. The van der Waals surface area contributed by atoms with Crippen LogP contribution in [0, 0.1) is 5.41 Å². The molecule has 0 amide bonds. The zero-order chi connectivity index (χ0) is 11.1. The Kier molecular flexibility index (Phi) is 2.47. The van der Waals surface area contributed by atoms with Crippen molar-refractivity contribution in [2.24, 2.45) is 5.41 Å². The third-order valence-corrected chi connectivity index (χ3v) is 3.78. The molecule has 1 aliphatic carbocycles. The van der Waals surface area contributed by atoms with E-state index in [0.717, 1.165) is 12.8 Å². The molecule has 2 atom stereocenters. The van der Waals surface area contributed by atoms with Gasteiger partial charge in [-0.05, 0) is 41.9 Å². The van der Waals surface area contributed by atoms with Gasteiger partial charge < -0.3 is 10.2 Å². The Balaban J connectivity index is 2.28. The summed E-state index contributed by atoms with van der Waals surface area (Å²) in [5, 5.41) is 19.1. The van der Waals surface area contributed by atoms with E-state index in [4.69, 9.17) is 0 Å². The molecule has 2 N–H and O–H groups in total. The topological polar surface area (TPSA) is 40.5 Å². The first-order valence-corrected chi connectivity index (χ1v) is 5.49. The Hall–Kier alpha value is -1.02. The van der Waals surface area contributed by atoms with Gasteiger partial charge in [-0.15, -0.1) is 0 Å². The van der Waals surface area contributed by atoms with Crippen LogP contribution in [-0.2, 0) is 0 Å². The van der Waals surface area contributed by atoms with Crippen molar-refractivity contribution in [1.82, 2.24) is 0 Å². The zero-order valence-corrected chi connectivity index (χ0v) is 9.27. The first-order valence-electron chi connectivity index (χ1n) is 5.49. The number of phenolic OH excluding ortho intramolecular Hbond substituents is 1. The normalized spacial score (nSPS) is 29.3. The summed E-state index contributed by atoms with van der Waals surface area (Å²) in [6.45, 7) is 4.23. The molecule has 1 fully saturated rings. The van der Waals surface area contributed by atoms with Gasteiger partial charge in [0, 0.05) is 0 Å². The molecule has 1 aromatic rings. The van der Waals surface area contributed by atoms with Gasteiger partial charge in [0.25, 0.3) is 0 Å². The highest BCUT2D eigenvalue weighted by Gasteiger charge is 2.42. The van der Waals surface area contributed by atoms with Crippen molar-refractivity contribution < 1.29 is 10.2 Å². The quantitative estimate of drug-likeness (QED) is 0.741. The van der Waals surface area contributed by atoms with Crippen LogP contribution in [0.5, 0.6) is 5.75 Å². The molecule has 1 aliphatic rings. The molecule has 0 saturated heterocycles. The fraction of sp³-hybridized carbons (Fsp3) is 0.538. The largest absolute Gasteiger partial charge is 0.508 e. The van der Waals surface area contributed by atoms with Crippen molar-refractivity contribution in [3.05, 3.63) is 29.8 Å². The summed E-state index contributed by atoms with van der Waals surface area (Å²) in [7, 11) is 0. The lowest BCUT2D eigenvalue weighted by molar-refractivity contribution is 0.0706. The second-order valence-corrected chi connectivity index (χ2v) is 5.06. The highest BCUT2D eigenvalue weighted by Crippen LogP contribution is 2.48. The van der Waals surface area contributed by atoms with Crippen LogP contribution in [0.4, 0.5) is 0 Å². The predicted molar refractivity (Wildman–Crippen MR) is 59.9 cm³/mol. The van der Waals surface area contributed by atoms with Crippen LogP contribution in [0.15, 0.2) is 24.3 Å². The minimum atomic E-state index is -0.212. The van der Waals surface area contributed by atoms with E-state index in [9.17, 15) is 10.2 Å². The number of aliphatic hydroxyl groups excluding tert-OH is 1. The molecule has 2 nitrogen and oxygen atoms in total. The summed E-state index contributed by atoms with van der Waals surface area (Å²) in [6, 6.07) is 7.35. The van der Waals surface area contributed by atoms with E-state index in [-0.39, 0.29) is 11.5 Å². The molecular weight excluding hydrogens is 188 g/mol. The van der Waals surface area contributed by atoms with Crippen LogP contribution in [0.25, 0.3) is 0 Å². The molecule has 0 aliphatic heterocycles. The van der Waals surface area contributed by atoms with Gasteiger partial charge in [-0.1, -0.05) is 26.0 Å². The molecule has 0 aromatic heterocycles. The van der Waals surface area contributed by atoms with Gasteiger partial charge in [0.1, 0.15) is 5.75 Å². The standard InChI is InChI=1S/C13H18O2/c1-13(2)11(7-8-12(13)15)9-3-5-10(14)6-4-9/h3-6,11-12,14-15H,7-8H2,1-2H3/t11-,12-/m0/s1. The van der Waals surface area contributed by atoms with Gasteiger partial charge >= 0.3 is 0 Å². The molecule has 15 heavy (non-hydrogen) atoms. The first kappa shape index (κ1) is 10.5. The molecule has 0 radical (unpaired) electrons. The fourth-order valence-corrected chi connectivity index (χ4v) is 2.60. The summed E-state index contributed by atoms with van der Waals surface area (Å²) >= 11 is 0. The Labute approximate surface area is 90.6 Å². The van der Waals surface area contributed by atoms with Crippen molar-refractivity contribution >= 4 is 0 Å². The van der Waals surface area contributed by atoms with E-state index in [1.807, 2.05) is 12.1 Å². The maximum absolute atomic E-state index is 9.89. The first-order chi connectivity index (χ1) is 7.01. The Morgan fingerprint density at radius 3 is 2.20 bits per heavy atom. The molecule has 0 unspecified atom stereocenters. The van der Waals surface area contributed by atoms with Gasteiger partial charge in [0.15, 0.2) is 0 Å². The minimum Gasteiger partial charge on any atom is -0.508 e. The third-order valence-electron chi connectivity index (χ3n) is 3.78. The van der Waals surface area contributed by atoms with Gasteiger partial charge in [0.05, 0.1) is 6.10 Å². The zero-order valence-electron chi connectivity index (χ0n) is 9.27. The number of phenols is 1. The molecule has 0 bridgehead atoms. The molecule has 82 valence electrons. The molecule has 2 rings (SSSR count). The number of rotatable bonds is 1. The van der Waals surface area contributed by atoms with E-state index in [2.05, 4.69) is 13.8 Å². The van der Waals surface area contributed by atoms with E-state index in [1.165, 1.54) is 5.56 Å². The lowest BCUT2D eigenvalue weighted by atomic mass is 9.76. The van der Waals surface area contributed by atoms with E-state index >= 15 is 0 Å². The second-order valence-electron chi connectivity index (χ2n) is 5.06. The van der Waals surface area contributed by atoms with Crippen molar-refractivity contribution in [3.63, 3.8) is 0 Å². The number of benzene rings is 1. The van der Waals surface area contributed by atoms with Crippen LogP contribution in [0.2, 0.25) is 0 Å². The summed E-state index contributed by atoms with van der Waals surface area (Å²) in [5.41, 5.74) is 1.16. The van der Waals surface area contributed by atoms with Crippen molar-refractivity contribution in [3.8, 4) is 5.75 Å². The van der Waals surface area contributed by atoms with Crippen LogP contribution in [0.1, 0.15) is 38.2 Å². The van der Waals surface area contributed by atoms with E-state index in [0.29, 0.717) is 11.7 Å². The van der Waals surface area contributed by atoms with Crippen LogP contribution in [0.3, 0.4) is 0 Å². The van der Waals surface area contributed by atoms with Crippen molar-refractivity contribution in [1.29, 1.82) is 0 Å². The van der Waals surface area contributed by atoms with Gasteiger partial charge in [0.2, 0.25) is 0 Å². The molecule has 0 heterocycles. The maximum atomic E-state index is 9.89. The highest BCUT2D eigenvalue weighted by molar-refractivity contribution is 5.30. The second kappa shape index (κ2) is 3.53. The van der Waals surface area contributed by atoms with Crippen molar-refractivity contribution in [2.75, 3.05) is 0 Å². The average molecular weight is 206 g/mol. The summed E-state index contributed by atoms with van der Waals surface area (Å²) in [6.07, 6.45) is 1.69. The molecule has 1 saturated carbocycles. The summed E-state index contributed by atoms with van der Waals surface area (Å²) in [4.78, 5) is 0. The lowest BCUT2D eigenvalue weighted by Gasteiger charge is -2.30. The Bertz CT molecular complexity index is 340. The van der Waals surface area contributed by atoms with Crippen LogP contribution < -0.4 is 0 Å². The summed E-state index contributed by atoms with van der Waals surface area (Å²) in [5.74, 6) is 0.697. The third kappa shape index (κ3) is 1.74. The predicted octanol–water partition coefficient (Wildman–Crippen LogP) is 2.66. The smallest absolute Gasteiger partial charge is 0.115 e. The van der Waals surface area contributed by atoms with E-state index in [1.54, 1.807) is 12.1 Å². The van der Waals surface area contributed by atoms with E-state index < -0.39 is 0 Å². The average Bonchev–Trinajstić information content (AvgIpc) is 2.44. The molecule has 1 aromatic carbocycles. The Morgan fingerprint density at radius 1 is 1.13 bits per heavy atom. The van der Waals surface area contributed by atoms with Crippen LogP contribution >= 0.6 is 0 Å². The monoisotopic (exact) mass is 206 g/mol. The molecule has 0 spiro atoms. The summed E-state index contributed by atoms with van der Waals surface area (Å²) < 4.78 is 0. The van der Waals surface area contributed by atoms with Crippen molar-refractivity contribution in [2.45, 2.75) is 38.7 Å². The van der Waals surface area contributed by atoms with Crippen LogP contribution in [-0.4, -0.2) is 16.3 Å². The van der Waals surface area contributed by atoms with Gasteiger partial charge in [-0.3, -0.25) is 0 Å². The number of aromatic hydroxyl groups is 1. The highest BCUT2D eigenvalue weighted by atomic mass is 16.3. The number of hydrogen-bond donors (Lipinski definition) is 2. The lowest BCUT2D eigenvalue weighted by Crippen LogP contribution is -2.27. The number of aliphatic hydroxyl groups is 1. The molecule has 2 heteroatoms. The SMILES string of the molecule is CC1(C)[C@@H](O)CC[C@H]1c1ccc(O)cc1. The number of hydrogen-bond acceptors (Lipinski definition) is 2. The maximum Gasteiger partial charge on any atom is 0.115 e. The fourth-order valence-electron chi connectivity index (χ4n) is 2.60. The Morgan fingerprint density at radius 2 is 1.73 bits per heavy atom. The minimum absolute atomic E-state index is 0.0586.